The summed E-state index contributed by atoms with van der Waals surface area (Å²) < 4.78 is 7.20. The third-order valence-corrected chi connectivity index (χ3v) is 6.13. The van der Waals surface area contributed by atoms with Gasteiger partial charge in [-0.25, -0.2) is 15.0 Å². The predicted molar refractivity (Wildman–Crippen MR) is 132 cm³/mol. The number of aliphatic hydroxyl groups excluding tert-OH is 2. The van der Waals surface area contributed by atoms with E-state index in [1.165, 1.54) is 17.2 Å². The molecule has 1 aliphatic rings. The van der Waals surface area contributed by atoms with Crippen LogP contribution in [0.1, 0.15) is 19.1 Å². The molecule has 0 radical (unpaired) electrons. The van der Waals surface area contributed by atoms with Crippen LogP contribution in [0.15, 0.2) is 12.7 Å². The summed E-state index contributed by atoms with van der Waals surface area (Å²) in [5, 5.41) is 40.9. The van der Waals surface area contributed by atoms with Gasteiger partial charge in [-0.15, -0.1) is 0 Å². The van der Waals surface area contributed by atoms with Crippen LogP contribution in [-0.4, -0.2) is 107 Å². The number of carboxylic acids is 2. The number of nitrogens with two attached hydrogens (primary N) is 2. The van der Waals surface area contributed by atoms with Crippen LogP contribution in [0.25, 0.3) is 11.2 Å². The Bertz CT molecular complexity index is 982. The van der Waals surface area contributed by atoms with E-state index in [9.17, 15) is 19.8 Å². The average Bonchev–Trinajstić information content (AvgIpc) is 3.37. The number of aliphatic hydroxyl groups is 2. The molecular weight excluding hydrogens is 502 g/mol. The summed E-state index contributed by atoms with van der Waals surface area (Å²) in [5.41, 5.74) is 11.7. The molecular formula is C19H31N7O7S2. The molecule has 0 aromatic carbocycles. The first-order valence-electron chi connectivity index (χ1n) is 10.6. The number of aromatic nitrogens is 4. The molecule has 1 fully saturated rings. The molecule has 0 amide bonds. The molecule has 9 N–H and O–H groups in total. The minimum atomic E-state index is -1.25. The number of rotatable bonds is 11. The van der Waals surface area contributed by atoms with Gasteiger partial charge in [-0.3, -0.25) is 14.2 Å². The number of hydrogen-bond donors (Lipinski definition) is 8. The van der Waals surface area contributed by atoms with Crippen molar-refractivity contribution in [3.05, 3.63) is 12.7 Å². The molecule has 2 aromatic heterocycles. The van der Waals surface area contributed by atoms with Gasteiger partial charge in [-0.05, 0) is 30.6 Å². The Morgan fingerprint density at radius 3 is 2.54 bits per heavy atom. The Labute approximate surface area is 210 Å². The van der Waals surface area contributed by atoms with Crippen LogP contribution in [0.5, 0.6) is 0 Å². The van der Waals surface area contributed by atoms with Crippen molar-refractivity contribution in [2.45, 2.75) is 49.5 Å². The van der Waals surface area contributed by atoms with Crippen LogP contribution in [-0.2, 0) is 14.3 Å². The van der Waals surface area contributed by atoms with Gasteiger partial charge in [0.15, 0.2) is 17.7 Å². The number of imidazole rings is 1. The maximum Gasteiger partial charge on any atom is 0.320 e. The quantitative estimate of drug-likeness (QED) is 0.154. The van der Waals surface area contributed by atoms with Gasteiger partial charge >= 0.3 is 11.9 Å². The lowest BCUT2D eigenvalue weighted by atomic mass is 10.1. The van der Waals surface area contributed by atoms with E-state index in [0.717, 1.165) is 5.75 Å². The van der Waals surface area contributed by atoms with Crippen LogP contribution in [0.4, 0.5) is 5.82 Å². The lowest BCUT2D eigenvalue weighted by Gasteiger charge is -2.19. The van der Waals surface area contributed by atoms with E-state index in [-0.39, 0.29) is 12.4 Å². The van der Waals surface area contributed by atoms with E-state index in [1.54, 1.807) is 11.8 Å². The zero-order chi connectivity index (χ0) is 26.1. The molecule has 0 saturated carbocycles. The number of ether oxygens (including phenoxy) is 1. The standard InChI is InChI=1S/C14H20N6O5S.C5H11NO2S/c15-11-8-12(18-4-17-11)20(5-19-8)13-10(22)9(21)7(25-13)3-16-6(1-2-26)14(23)24;1-9-3-2-4(6)5(7)8/h4-7,9-10,13,16,21-22,26H,1-3H2,(H,23,24)(H2,15,17,18);4H,2-3,6H2,1H3,(H,7,8)/t6?,7-,9-,10-,13-;/m1./s1. The van der Waals surface area contributed by atoms with Crippen molar-refractivity contribution in [2.24, 2.45) is 5.73 Å². The molecule has 6 atom stereocenters. The summed E-state index contributed by atoms with van der Waals surface area (Å²) in [6, 6.07) is -1.50. The zero-order valence-electron chi connectivity index (χ0n) is 19.0. The van der Waals surface area contributed by atoms with Crippen molar-refractivity contribution < 1.29 is 34.8 Å². The maximum atomic E-state index is 11.2. The van der Waals surface area contributed by atoms with Crippen LogP contribution in [0.2, 0.25) is 0 Å². The normalized spacial score (nSPS) is 23.5. The molecule has 3 rings (SSSR count). The Kier molecular flexibility index (Phi) is 11.4. The average molecular weight is 534 g/mol. The summed E-state index contributed by atoms with van der Waals surface area (Å²) >= 11 is 5.63. The van der Waals surface area contributed by atoms with Crippen molar-refractivity contribution in [3.63, 3.8) is 0 Å². The fourth-order valence-electron chi connectivity index (χ4n) is 3.25. The Morgan fingerprint density at radius 1 is 1.23 bits per heavy atom. The van der Waals surface area contributed by atoms with Gasteiger partial charge < -0.3 is 41.9 Å². The highest BCUT2D eigenvalue weighted by atomic mass is 32.2. The maximum absolute atomic E-state index is 11.2. The monoisotopic (exact) mass is 533 g/mol. The van der Waals surface area contributed by atoms with E-state index in [4.69, 9.17) is 26.4 Å². The fraction of sp³-hybridized carbons (Fsp3) is 0.632. The molecule has 2 unspecified atom stereocenters. The van der Waals surface area contributed by atoms with Gasteiger partial charge in [0, 0.05) is 6.54 Å². The second-order valence-corrected chi connectivity index (χ2v) is 9.10. The summed E-state index contributed by atoms with van der Waals surface area (Å²) in [6.07, 6.45) is 1.24. The van der Waals surface area contributed by atoms with Crippen molar-refractivity contribution in [1.29, 1.82) is 0 Å². The molecule has 14 nitrogen and oxygen atoms in total. The zero-order valence-corrected chi connectivity index (χ0v) is 20.7. The summed E-state index contributed by atoms with van der Waals surface area (Å²) in [6.45, 7) is 0.0449. The van der Waals surface area contributed by atoms with Crippen LogP contribution < -0.4 is 16.8 Å². The minimum absolute atomic E-state index is 0.0449. The first-order valence-corrected chi connectivity index (χ1v) is 12.6. The van der Waals surface area contributed by atoms with Crippen molar-refractivity contribution in [2.75, 3.05) is 30.0 Å². The van der Waals surface area contributed by atoms with Crippen LogP contribution in [0.3, 0.4) is 0 Å². The highest BCUT2D eigenvalue weighted by Crippen LogP contribution is 2.31. The number of nitrogens with one attached hydrogen (secondary N) is 1. The molecule has 16 heteroatoms. The Hall–Kier alpha value is -2.21. The molecule has 196 valence electrons. The highest BCUT2D eigenvalue weighted by molar-refractivity contribution is 7.98. The van der Waals surface area contributed by atoms with Gasteiger partial charge in [0.1, 0.15) is 42.2 Å². The highest BCUT2D eigenvalue weighted by Gasteiger charge is 2.44. The van der Waals surface area contributed by atoms with E-state index in [1.807, 2.05) is 6.26 Å². The molecule has 35 heavy (non-hydrogen) atoms. The van der Waals surface area contributed by atoms with Crippen molar-refractivity contribution in [3.8, 4) is 0 Å². The summed E-state index contributed by atoms with van der Waals surface area (Å²) in [5.74, 6) is -0.532. The van der Waals surface area contributed by atoms with E-state index in [0.29, 0.717) is 29.8 Å². The second kappa shape index (κ2) is 13.8. The minimum Gasteiger partial charge on any atom is -0.480 e. The number of thiol groups is 1. The first-order chi connectivity index (χ1) is 16.6. The molecule has 3 heterocycles. The molecule has 2 aromatic rings. The largest absolute Gasteiger partial charge is 0.480 e. The Morgan fingerprint density at radius 2 is 1.94 bits per heavy atom. The second-order valence-electron chi connectivity index (χ2n) is 7.67. The van der Waals surface area contributed by atoms with E-state index < -0.39 is 48.6 Å². The number of fused-ring (bicyclic) bond motifs is 1. The third-order valence-electron chi connectivity index (χ3n) is 5.23. The SMILES string of the molecule is CSCCC(N)C(=O)O.Nc1ncnc2c1ncn2[C@@H]1O[C@H](CNC(CCS)C(=O)O)[C@@H](O)[C@H]1O. The predicted octanol–water partition coefficient (Wildman–Crippen LogP) is -1.46. The lowest BCUT2D eigenvalue weighted by Crippen LogP contribution is -2.44. The number of nitrogen functional groups attached to an aromatic ring is 1. The van der Waals surface area contributed by atoms with Crippen molar-refractivity contribution in [1.82, 2.24) is 24.8 Å². The van der Waals surface area contributed by atoms with Gasteiger partial charge in [0.05, 0.1) is 6.33 Å². The topological polar surface area (TPSA) is 232 Å². The molecule has 0 aliphatic carbocycles. The van der Waals surface area contributed by atoms with E-state index in [2.05, 4.69) is 32.9 Å². The molecule has 1 aliphatic heterocycles. The van der Waals surface area contributed by atoms with Crippen molar-refractivity contribution >= 4 is 53.3 Å². The fourth-order valence-corrected chi connectivity index (χ4v) is 4.00. The Balaban J connectivity index is 0.000000410. The number of anilines is 1. The van der Waals surface area contributed by atoms with Gasteiger partial charge in [0.25, 0.3) is 0 Å². The number of carboxylic acid groups (broad SMARTS) is 2. The van der Waals surface area contributed by atoms with Gasteiger partial charge in [-0.2, -0.15) is 24.4 Å². The summed E-state index contributed by atoms with van der Waals surface area (Å²) in [7, 11) is 0. The van der Waals surface area contributed by atoms with E-state index >= 15 is 0 Å². The van der Waals surface area contributed by atoms with Gasteiger partial charge in [0.2, 0.25) is 0 Å². The number of thioether (sulfide) groups is 1. The number of aliphatic carboxylic acids is 2. The smallest absolute Gasteiger partial charge is 0.320 e. The summed E-state index contributed by atoms with van der Waals surface area (Å²) in [4.78, 5) is 33.3. The third kappa shape index (κ3) is 7.63. The first kappa shape index (κ1) is 29.0. The number of carbonyl (C=O) groups is 2. The van der Waals surface area contributed by atoms with Crippen LogP contribution >= 0.6 is 24.4 Å². The lowest BCUT2D eigenvalue weighted by molar-refractivity contribution is -0.140. The number of hydrogen-bond acceptors (Lipinski definition) is 13. The molecule has 0 bridgehead atoms. The molecule has 0 spiro atoms. The van der Waals surface area contributed by atoms with Crippen LogP contribution in [0, 0.1) is 0 Å². The van der Waals surface area contributed by atoms with Gasteiger partial charge in [-0.1, -0.05) is 0 Å². The number of nitrogens with zero attached hydrogens (tertiary/aromatic N) is 4. The molecule has 1 saturated heterocycles.